The highest BCUT2D eigenvalue weighted by molar-refractivity contribution is 6.60. The molecular weight excluding hydrogens is 416 g/mol. The zero-order valence-electron chi connectivity index (χ0n) is 15.1. The monoisotopic (exact) mass is 438 g/mol. The van der Waals surface area contributed by atoms with E-state index < -0.39 is 58.9 Å². The van der Waals surface area contributed by atoms with Gasteiger partial charge in [-0.25, -0.2) is 0 Å². The van der Waals surface area contributed by atoms with Crippen molar-refractivity contribution in [1.82, 2.24) is 0 Å². The summed E-state index contributed by atoms with van der Waals surface area (Å²) in [6, 6.07) is -0.191. The molecule has 27 heavy (non-hydrogen) atoms. The second-order valence-electron chi connectivity index (χ2n) is 5.43. The molecule has 0 saturated heterocycles. The van der Waals surface area contributed by atoms with Crippen LogP contribution in [0.1, 0.15) is 32.6 Å². The van der Waals surface area contributed by atoms with Crippen molar-refractivity contribution in [2.24, 2.45) is 0 Å². The van der Waals surface area contributed by atoms with Gasteiger partial charge in [-0.05, 0) is 6.42 Å². The molecule has 0 radical (unpaired) electrons. The van der Waals surface area contributed by atoms with Crippen LogP contribution in [0.4, 0.5) is 35.1 Å². The molecule has 0 aliphatic carbocycles. The molecule has 0 unspecified atom stereocenters. The van der Waals surface area contributed by atoms with Gasteiger partial charge in [0.1, 0.15) is 6.42 Å². The Morgan fingerprint density at radius 1 is 0.667 bits per heavy atom. The summed E-state index contributed by atoms with van der Waals surface area (Å²) in [7, 11) is 0.369. The van der Waals surface area contributed by atoms with Crippen molar-refractivity contribution in [3.8, 4) is 0 Å². The Morgan fingerprint density at radius 2 is 1.07 bits per heavy atom. The molecule has 0 saturated carbocycles. The normalized spacial score (nSPS) is 14.7. The van der Waals surface area contributed by atoms with E-state index in [4.69, 9.17) is 13.3 Å². The number of rotatable bonds is 14. The van der Waals surface area contributed by atoms with Crippen molar-refractivity contribution in [3.63, 3.8) is 0 Å². The second-order valence-corrected chi connectivity index (χ2v) is 8.52. The molecule has 0 atom stereocenters. The number of alkyl halides is 8. The van der Waals surface area contributed by atoms with Gasteiger partial charge in [-0.3, -0.25) is 9.47 Å². The van der Waals surface area contributed by atoms with Crippen molar-refractivity contribution in [2.75, 3.05) is 21.3 Å². The molecule has 0 fully saturated rings. The highest BCUT2D eigenvalue weighted by Gasteiger charge is 2.54. The molecule has 0 aromatic carbocycles. The van der Waals surface area contributed by atoms with Gasteiger partial charge in [0.05, 0.1) is 0 Å². The van der Waals surface area contributed by atoms with Crippen LogP contribution in [0.2, 0.25) is 6.04 Å². The highest BCUT2D eigenvalue weighted by Crippen LogP contribution is 2.41. The van der Waals surface area contributed by atoms with Gasteiger partial charge in [-0.1, -0.05) is 6.92 Å². The minimum atomic E-state index is -5.13. The molecule has 5 nitrogen and oxygen atoms in total. The second kappa shape index (κ2) is 9.78. The maximum Gasteiger partial charge on any atom is 0.500 e. The van der Waals surface area contributed by atoms with E-state index in [9.17, 15) is 35.1 Å². The Hall–Kier alpha value is -0.543. The van der Waals surface area contributed by atoms with Gasteiger partial charge in [0.25, 0.3) is 0 Å². The summed E-state index contributed by atoms with van der Waals surface area (Å²) in [5.41, 5.74) is 0. The van der Waals surface area contributed by atoms with Gasteiger partial charge in [0.15, 0.2) is 0 Å². The van der Waals surface area contributed by atoms with Crippen molar-refractivity contribution >= 4 is 8.80 Å². The first kappa shape index (κ1) is 26.5. The summed E-state index contributed by atoms with van der Waals surface area (Å²) in [6.07, 6.45) is -25.0. The standard InChI is InChI=1S/C13H22F8O5Si/c1-5-10(14,15)25-12(18,19)9-13(20,21)26-11(16,17)7-6-8-27(22-2,23-3)24-4/h5-9H2,1-4H3. The molecule has 0 bridgehead atoms. The fraction of sp³-hybridized carbons (Fsp3) is 1.00. The lowest BCUT2D eigenvalue weighted by Gasteiger charge is -2.29. The third kappa shape index (κ3) is 9.98. The summed E-state index contributed by atoms with van der Waals surface area (Å²) in [6.45, 7) is 0.766. The van der Waals surface area contributed by atoms with Crippen LogP contribution in [0.25, 0.3) is 0 Å². The van der Waals surface area contributed by atoms with E-state index in [0.29, 0.717) is 0 Å². The summed E-state index contributed by atoms with van der Waals surface area (Å²) in [5, 5.41) is 0. The molecule has 0 amide bonds. The smallest absolute Gasteiger partial charge is 0.377 e. The first-order valence-corrected chi connectivity index (χ1v) is 9.57. The van der Waals surface area contributed by atoms with E-state index in [1.54, 1.807) is 0 Å². The topological polar surface area (TPSA) is 46.2 Å². The maximum atomic E-state index is 13.5. The van der Waals surface area contributed by atoms with Crippen LogP contribution in [-0.2, 0) is 22.8 Å². The van der Waals surface area contributed by atoms with Crippen molar-refractivity contribution in [3.05, 3.63) is 0 Å². The van der Waals surface area contributed by atoms with Crippen LogP contribution < -0.4 is 0 Å². The Labute approximate surface area is 152 Å². The van der Waals surface area contributed by atoms with E-state index in [1.165, 1.54) is 21.3 Å². The molecule has 14 heteroatoms. The summed E-state index contributed by atoms with van der Waals surface area (Å²) >= 11 is 0. The van der Waals surface area contributed by atoms with Crippen LogP contribution in [0, 0.1) is 0 Å². The molecule has 0 aliphatic rings. The Morgan fingerprint density at radius 3 is 1.44 bits per heavy atom. The fourth-order valence-corrected chi connectivity index (χ4v) is 3.66. The molecule has 0 heterocycles. The van der Waals surface area contributed by atoms with Crippen LogP contribution in [0.3, 0.4) is 0 Å². The van der Waals surface area contributed by atoms with Gasteiger partial charge >= 0.3 is 33.2 Å². The van der Waals surface area contributed by atoms with Crippen molar-refractivity contribution in [2.45, 2.75) is 63.1 Å². The lowest BCUT2D eigenvalue weighted by Crippen LogP contribution is -2.43. The predicted octanol–water partition coefficient (Wildman–Crippen LogP) is 4.85. The largest absolute Gasteiger partial charge is 0.500 e. The number of halogens is 8. The molecule has 0 spiro atoms. The van der Waals surface area contributed by atoms with Crippen LogP contribution in [0.15, 0.2) is 0 Å². The molecule has 0 aromatic rings. The number of ether oxygens (including phenoxy) is 2. The van der Waals surface area contributed by atoms with Gasteiger partial charge in [-0.2, -0.15) is 35.1 Å². The van der Waals surface area contributed by atoms with E-state index in [0.717, 1.165) is 6.92 Å². The third-order valence-electron chi connectivity index (χ3n) is 3.30. The Balaban J connectivity index is 4.80. The van der Waals surface area contributed by atoms with E-state index in [-0.39, 0.29) is 6.04 Å². The van der Waals surface area contributed by atoms with Gasteiger partial charge in [-0.15, -0.1) is 0 Å². The Kier molecular flexibility index (Phi) is 9.58. The number of hydrogen-bond acceptors (Lipinski definition) is 5. The van der Waals surface area contributed by atoms with Crippen LogP contribution >= 0.6 is 0 Å². The van der Waals surface area contributed by atoms with Crippen LogP contribution in [0.5, 0.6) is 0 Å². The lowest BCUT2D eigenvalue weighted by atomic mass is 10.3. The maximum absolute atomic E-state index is 13.5. The molecule has 164 valence electrons. The molecule has 0 rings (SSSR count). The average Bonchev–Trinajstić information content (AvgIpc) is 2.48. The first-order chi connectivity index (χ1) is 12.1. The predicted molar refractivity (Wildman–Crippen MR) is 77.7 cm³/mol. The van der Waals surface area contributed by atoms with Gasteiger partial charge < -0.3 is 13.3 Å². The minimum Gasteiger partial charge on any atom is -0.377 e. The van der Waals surface area contributed by atoms with E-state index >= 15 is 0 Å². The van der Waals surface area contributed by atoms with Crippen molar-refractivity contribution < 1.29 is 57.9 Å². The molecule has 0 aromatic heterocycles. The minimum absolute atomic E-state index is 0.191. The van der Waals surface area contributed by atoms with E-state index in [1.807, 2.05) is 0 Å². The zero-order valence-corrected chi connectivity index (χ0v) is 16.1. The summed E-state index contributed by atoms with van der Waals surface area (Å²) in [4.78, 5) is 0. The summed E-state index contributed by atoms with van der Waals surface area (Å²) < 4.78 is 127. The average molecular weight is 438 g/mol. The lowest BCUT2D eigenvalue weighted by molar-refractivity contribution is -0.430. The Bertz CT molecular complexity index is 440. The SMILES string of the molecule is CCC(F)(F)OC(F)(F)CC(F)(F)OC(F)(F)CCC[Si](OC)(OC)OC. The highest BCUT2D eigenvalue weighted by atomic mass is 28.4. The van der Waals surface area contributed by atoms with Crippen molar-refractivity contribution in [1.29, 1.82) is 0 Å². The van der Waals surface area contributed by atoms with E-state index in [2.05, 4.69) is 9.47 Å². The van der Waals surface area contributed by atoms with Gasteiger partial charge in [0, 0.05) is 40.2 Å². The summed E-state index contributed by atoms with van der Waals surface area (Å²) in [5.74, 6) is 0. The number of hydrogen-bond donors (Lipinski definition) is 0. The van der Waals surface area contributed by atoms with Gasteiger partial charge in [0.2, 0.25) is 0 Å². The quantitative estimate of drug-likeness (QED) is 0.287. The van der Waals surface area contributed by atoms with Crippen LogP contribution in [-0.4, -0.2) is 54.6 Å². The molecule has 0 aliphatic heterocycles. The molecule has 0 N–H and O–H groups in total. The third-order valence-corrected chi connectivity index (χ3v) is 6.14. The fourth-order valence-electron chi connectivity index (χ4n) is 1.94. The molecular formula is C13H22F8O5Si. The zero-order chi connectivity index (χ0) is 21.6. The first-order valence-electron chi connectivity index (χ1n) is 7.64.